The standard InChI is InChI=1S/C19H23N3O5S/c1-4-28(25,26)21-16-7-5-6-14(12-16)19(24)20-15-8-10-17(11-9-15)27-13-18(23)22(2)3/h5-12,21H,4,13H2,1-3H3,(H,20,24). The molecule has 2 N–H and O–H groups in total. The van der Waals surface area contributed by atoms with Crippen LogP contribution in [0.4, 0.5) is 11.4 Å². The van der Waals surface area contributed by atoms with E-state index < -0.39 is 10.0 Å². The van der Waals surface area contributed by atoms with Crippen molar-refractivity contribution >= 4 is 33.2 Å². The van der Waals surface area contributed by atoms with E-state index in [-0.39, 0.29) is 24.2 Å². The molecule has 0 saturated carbocycles. The van der Waals surface area contributed by atoms with Crippen molar-refractivity contribution in [2.75, 3.05) is 36.5 Å². The molecule has 0 aliphatic rings. The molecule has 0 fully saturated rings. The quantitative estimate of drug-likeness (QED) is 0.700. The SMILES string of the molecule is CCS(=O)(=O)Nc1cccc(C(=O)Nc2ccc(OCC(=O)N(C)C)cc2)c1. The summed E-state index contributed by atoms with van der Waals surface area (Å²) >= 11 is 0. The van der Waals surface area contributed by atoms with Gasteiger partial charge in [-0.3, -0.25) is 14.3 Å². The molecule has 0 atom stereocenters. The highest BCUT2D eigenvalue weighted by Crippen LogP contribution is 2.18. The molecule has 0 spiro atoms. The molecule has 0 unspecified atom stereocenters. The first-order valence-electron chi connectivity index (χ1n) is 8.55. The Kier molecular flexibility index (Phi) is 7.00. The molecule has 9 heteroatoms. The Morgan fingerprint density at radius 1 is 1.04 bits per heavy atom. The van der Waals surface area contributed by atoms with Crippen molar-refractivity contribution in [3.05, 3.63) is 54.1 Å². The van der Waals surface area contributed by atoms with Gasteiger partial charge in [0.2, 0.25) is 10.0 Å². The molecular formula is C19H23N3O5S. The summed E-state index contributed by atoms with van der Waals surface area (Å²) in [6.07, 6.45) is 0. The van der Waals surface area contributed by atoms with Crippen LogP contribution in [0.25, 0.3) is 0 Å². The van der Waals surface area contributed by atoms with Crippen LogP contribution in [0.15, 0.2) is 48.5 Å². The zero-order valence-corrected chi connectivity index (χ0v) is 16.7. The molecule has 0 saturated heterocycles. The van der Waals surface area contributed by atoms with Gasteiger partial charge in [-0.25, -0.2) is 8.42 Å². The third-order valence-corrected chi connectivity index (χ3v) is 5.06. The van der Waals surface area contributed by atoms with Crippen molar-refractivity contribution in [1.29, 1.82) is 0 Å². The van der Waals surface area contributed by atoms with E-state index in [0.717, 1.165) is 0 Å². The van der Waals surface area contributed by atoms with Gasteiger partial charge in [0.25, 0.3) is 11.8 Å². The maximum atomic E-state index is 12.4. The summed E-state index contributed by atoms with van der Waals surface area (Å²) in [6.45, 7) is 1.46. The van der Waals surface area contributed by atoms with Gasteiger partial charge in [-0.15, -0.1) is 0 Å². The Balaban J connectivity index is 2.00. The number of anilines is 2. The van der Waals surface area contributed by atoms with Crippen LogP contribution in [-0.4, -0.2) is 51.6 Å². The van der Waals surface area contributed by atoms with E-state index in [9.17, 15) is 18.0 Å². The highest BCUT2D eigenvalue weighted by Gasteiger charge is 2.11. The predicted molar refractivity (Wildman–Crippen MR) is 108 cm³/mol. The number of carbonyl (C=O) groups is 2. The van der Waals surface area contributed by atoms with Gasteiger partial charge in [0.05, 0.1) is 5.75 Å². The van der Waals surface area contributed by atoms with Gasteiger partial charge in [0, 0.05) is 31.0 Å². The normalized spacial score (nSPS) is 10.8. The fourth-order valence-corrected chi connectivity index (χ4v) is 2.72. The topological polar surface area (TPSA) is 105 Å². The molecule has 2 amide bonds. The van der Waals surface area contributed by atoms with Crippen molar-refractivity contribution in [3.8, 4) is 5.75 Å². The van der Waals surface area contributed by atoms with Crippen LogP contribution in [0.5, 0.6) is 5.75 Å². The minimum absolute atomic E-state index is 0.0576. The summed E-state index contributed by atoms with van der Waals surface area (Å²) in [5.74, 6) is -0.0908. The summed E-state index contributed by atoms with van der Waals surface area (Å²) in [5.41, 5.74) is 1.17. The maximum absolute atomic E-state index is 12.4. The lowest BCUT2D eigenvalue weighted by atomic mass is 10.2. The number of hydrogen-bond acceptors (Lipinski definition) is 5. The van der Waals surface area contributed by atoms with E-state index in [0.29, 0.717) is 22.7 Å². The van der Waals surface area contributed by atoms with E-state index in [4.69, 9.17) is 4.74 Å². The molecule has 0 radical (unpaired) electrons. The van der Waals surface area contributed by atoms with Crippen molar-refractivity contribution < 1.29 is 22.7 Å². The third-order valence-electron chi connectivity index (χ3n) is 3.75. The molecular weight excluding hydrogens is 382 g/mol. The molecule has 0 bridgehead atoms. The first-order valence-corrected chi connectivity index (χ1v) is 10.2. The van der Waals surface area contributed by atoms with Crippen LogP contribution in [0, 0.1) is 0 Å². The van der Waals surface area contributed by atoms with E-state index in [2.05, 4.69) is 10.0 Å². The molecule has 0 aliphatic heterocycles. The van der Waals surface area contributed by atoms with Crippen LogP contribution >= 0.6 is 0 Å². The van der Waals surface area contributed by atoms with Gasteiger partial charge >= 0.3 is 0 Å². The van der Waals surface area contributed by atoms with Gasteiger partial charge in [0.15, 0.2) is 6.61 Å². The number of hydrogen-bond donors (Lipinski definition) is 2. The molecule has 0 aromatic heterocycles. The first kappa shape index (κ1) is 21.2. The first-order chi connectivity index (χ1) is 13.2. The van der Waals surface area contributed by atoms with Gasteiger partial charge in [-0.05, 0) is 49.4 Å². The number of benzene rings is 2. The van der Waals surface area contributed by atoms with E-state index in [1.165, 1.54) is 17.9 Å². The minimum Gasteiger partial charge on any atom is -0.484 e. The summed E-state index contributed by atoms with van der Waals surface area (Å²) in [6, 6.07) is 12.8. The number of nitrogens with one attached hydrogen (secondary N) is 2. The summed E-state index contributed by atoms with van der Waals surface area (Å²) in [5, 5.41) is 2.73. The Morgan fingerprint density at radius 3 is 2.32 bits per heavy atom. The maximum Gasteiger partial charge on any atom is 0.259 e. The lowest BCUT2D eigenvalue weighted by Crippen LogP contribution is -2.27. The zero-order valence-electron chi connectivity index (χ0n) is 15.9. The smallest absolute Gasteiger partial charge is 0.259 e. The van der Waals surface area contributed by atoms with Gasteiger partial charge in [-0.1, -0.05) is 6.07 Å². The largest absolute Gasteiger partial charge is 0.484 e. The van der Waals surface area contributed by atoms with Crippen LogP contribution in [0.2, 0.25) is 0 Å². The van der Waals surface area contributed by atoms with Crippen LogP contribution in [0.1, 0.15) is 17.3 Å². The van der Waals surface area contributed by atoms with Crippen molar-refractivity contribution in [3.63, 3.8) is 0 Å². The Bertz CT molecular complexity index is 940. The number of likely N-dealkylation sites (N-methyl/N-ethyl adjacent to an activating group) is 1. The van der Waals surface area contributed by atoms with Crippen molar-refractivity contribution in [1.82, 2.24) is 4.90 Å². The second-order valence-corrected chi connectivity index (χ2v) is 8.15. The third kappa shape index (κ3) is 6.27. The number of ether oxygens (including phenoxy) is 1. The predicted octanol–water partition coefficient (Wildman–Crippen LogP) is 2.17. The van der Waals surface area contributed by atoms with Crippen molar-refractivity contribution in [2.24, 2.45) is 0 Å². The van der Waals surface area contributed by atoms with E-state index >= 15 is 0 Å². The number of nitrogens with zero attached hydrogens (tertiary/aromatic N) is 1. The fraction of sp³-hybridized carbons (Fsp3) is 0.263. The summed E-state index contributed by atoms with van der Waals surface area (Å²) in [7, 11) is -0.128. The molecule has 28 heavy (non-hydrogen) atoms. The minimum atomic E-state index is -3.42. The van der Waals surface area contributed by atoms with Crippen LogP contribution in [0.3, 0.4) is 0 Å². The fourth-order valence-electron chi connectivity index (χ4n) is 2.09. The molecule has 2 rings (SSSR count). The lowest BCUT2D eigenvalue weighted by molar-refractivity contribution is -0.130. The summed E-state index contributed by atoms with van der Waals surface area (Å²) < 4.78 is 31.1. The molecule has 2 aromatic rings. The van der Waals surface area contributed by atoms with Gasteiger partial charge < -0.3 is 15.0 Å². The lowest BCUT2D eigenvalue weighted by Gasteiger charge is -2.12. The van der Waals surface area contributed by atoms with E-state index in [1.807, 2.05) is 0 Å². The average molecular weight is 405 g/mol. The molecule has 150 valence electrons. The molecule has 2 aromatic carbocycles. The van der Waals surface area contributed by atoms with Crippen LogP contribution < -0.4 is 14.8 Å². The number of sulfonamides is 1. The number of rotatable bonds is 8. The average Bonchev–Trinajstić information content (AvgIpc) is 2.67. The number of carbonyl (C=O) groups excluding carboxylic acids is 2. The molecule has 0 aliphatic carbocycles. The van der Waals surface area contributed by atoms with E-state index in [1.54, 1.807) is 56.6 Å². The Labute approximate surface area is 164 Å². The highest BCUT2D eigenvalue weighted by atomic mass is 32.2. The number of amides is 2. The monoisotopic (exact) mass is 405 g/mol. The van der Waals surface area contributed by atoms with Gasteiger partial charge in [-0.2, -0.15) is 0 Å². The Hall–Kier alpha value is -3.07. The van der Waals surface area contributed by atoms with Crippen molar-refractivity contribution in [2.45, 2.75) is 6.92 Å². The zero-order chi connectivity index (χ0) is 20.7. The second kappa shape index (κ2) is 9.23. The summed E-state index contributed by atoms with van der Waals surface area (Å²) in [4.78, 5) is 25.4. The Morgan fingerprint density at radius 2 is 1.71 bits per heavy atom. The highest BCUT2D eigenvalue weighted by molar-refractivity contribution is 7.92. The molecule has 0 heterocycles. The van der Waals surface area contributed by atoms with Crippen LogP contribution in [-0.2, 0) is 14.8 Å². The molecule has 8 nitrogen and oxygen atoms in total. The van der Waals surface area contributed by atoms with Gasteiger partial charge in [0.1, 0.15) is 5.75 Å². The second-order valence-electron chi connectivity index (χ2n) is 6.14.